The first-order chi connectivity index (χ1) is 33.3. The van der Waals surface area contributed by atoms with E-state index in [2.05, 4.69) is 21.7 Å². The fourth-order valence-electron chi connectivity index (χ4n) is 9.76. The van der Waals surface area contributed by atoms with Gasteiger partial charge in [0.15, 0.2) is 0 Å². The molecular weight excluding hydrogens is 920 g/mol. The Hall–Kier alpha value is -5.13. The number of halogens is 3. The molecule has 1 fully saturated rings. The summed E-state index contributed by atoms with van der Waals surface area (Å²) in [6, 6.07) is 15.5. The summed E-state index contributed by atoms with van der Waals surface area (Å²) in [4.78, 5) is 49.1. The summed E-state index contributed by atoms with van der Waals surface area (Å²) >= 11 is 1.56. The number of aliphatic hydroxyl groups excluding tert-OH is 1. The number of carbonyl (C=O) groups excluding carboxylic acids is 3. The Bertz CT molecular complexity index is 2480. The van der Waals surface area contributed by atoms with E-state index in [0.717, 1.165) is 44.0 Å². The average molecular weight is 988 g/mol. The standard InChI is InChI=1S/C54H68F3N5O7S/c1-33-23-41-40-14-9-8-13-37(40)24-42(41)48(62(33)31-54(6,7)57)47-43(55)26-39(27-44(47)56)69-22-11-10-19-67-20-12-21-68-30-46(64)60-50(53(3,4)5)52(66)61-29-38(63)25-45(61)51(65)58-28-35-15-17-36(18-16-35)49-34(2)59-32-70-49/h8-9,13-18,26-27,32-33,38,45,48,50,63H,10-12,19-25,28-31H2,1-7H3,(H,58,65)(H,60,64)/t33-,38-,45+,48+,50-/m1/s1. The number of nitrogens with one attached hydrogen (secondary N) is 2. The number of hydrogen-bond acceptors (Lipinski definition) is 10. The second kappa shape index (κ2) is 23.0. The van der Waals surface area contributed by atoms with Crippen molar-refractivity contribution in [3.8, 4) is 16.2 Å². The van der Waals surface area contributed by atoms with E-state index >= 15 is 13.2 Å². The molecule has 1 aliphatic carbocycles. The van der Waals surface area contributed by atoms with Crippen LogP contribution in [0.3, 0.4) is 0 Å². The molecule has 4 aromatic rings. The highest BCUT2D eigenvalue weighted by Gasteiger charge is 2.45. The van der Waals surface area contributed by atoms with Gasteiger partial charge in [-0.05, 0) is 98.6 Å². The lowest BCUT2D eigenvalue weighted by molar-refractivity contribution is -0.144. The van der Waals surface area contributed by atoms with Gasteiger partial charge in [0.25, 0.3) is 0 Å². The average Bonchev–Trinajstić information content (AvgIpc) is 4.02. The summed E-state index contributed by atoms with van der Waals surface area (Å²) in [7, 11) is 0. The van der Waals surface area contributed by atoms with Crippen molar-refractivity contribution in [2.75, 3.05) is 46.1 Å². The number of benzene rings is 3. The quantitative estimate of drug-likeness (QED) is 0.0700. The van der Waals surface area contributed by atoms with E-state index in [1.165, 1.54) is 30.9 Å². The number of rotatable bonds is 21. The summed E-state index contributed by atoms with van der Waals surface area (Å²) in [5.74, 6) is -2.69. The molecule has 3 aromatic carbocycles. The predicted molar refractivity (Wildman–Crippen MR) is 265 cm³/mol. The zero-order valence-electron chi connectivity index (χ0n) is 41.4. The molecule has 3 N–H and O–H groups in total. The third kappa shape index (κ3) is 13.0. The Morgan fingerprint density at radius 3 is 2.31 bits per heavy atom. The highest BCUT2D eigenvalue weighted by molar-refractivity contribution is 7.13. The highest BCUT2D eigenvalue weighted by Crippen LogP contribution is 2.50. The monoisotopic (exact) mass is 987 g/mol. The van der Waals surface area contributed by atoms with E-state index in [1.807, 2.05) is 82.0 Å². The molecule has 5 atom stereocenters. The van der Waals surface area contributed by atoms with Crippen molar-refractivity contribution in [3.63, 3.8) is 0 Å². The number of aliphatic hydroxyl groups is 1. The smallest absolute Gasteiger partial charge is 0.246 e. The van der Waals surface area contributed by atoms with Crippen LogP contribution in [0.15, 0.2) is 71.7 Å². The van der Waals surface area contributed by atoms with E-state index in [-0.39, 0.29) is 69.1 Å². The molecule has 12 nitrogen and oxygen atoms in total. The van der Waals surface area contributed by atoms with Crippen LogP contribution in [0.25, 0.3) is 16.0 Å². The predicted octanol–water partition coefficient (Wildman–Crippen LogP) is 8.68. The summed E-state index contributed by atoms with van der Waals surface area (Å²) in [5, 5.41) is 16.3. The zero-order valence-corrected chi connectivity index (χ0v) is 42.2. The number of aryl methyl sites for hydroxylation is 1. The molecule has 3 heterocycles. The molecule has 0 unspecified atom stereocenters. The second-order valence-corrected chi connectivity index (χ2v) is 21.4. The minimum absolute atomic E-state index is 0.0297. The number of alkyl halides is 1. The van der Waals surface area contributed by atoms with E-state index in [0.29, 0.717) is 45.3 Å². The SMILES string of the molecule is Cc1ncsc1-c1ccc(CNC(=O)[C@@H]2C[C@@H](O)CN2C(=O)[C@@H](NC(=O)COCCCOCCCCOc2cc(F)c([C@@H]3C4=C(C[C@@H](C)N3CC(C)(C)F)c3ccccc3C4)c(F)c2)C(C)(C)C)cc1. The first kappa shape index (κ1) is 52.7. The molecule has 2 aliphatic heterocycles. The van der Waals surface area contributed by atoms with Crippen molar-refractivity contribution < 1.29 is 46.9 Å². The summed E-state index contributed by atoms with van der Waals surface area (Å²) in [6.07, 6.45) is 2.16. The Balaban J connectivity index is 0.804. The molecule has 0 saturated carbocycles. The third-order valence-electron chi connectivity index (χ3n) is 13.2. The van der Waals surface area contributed by atoms with E-state index in [1.54, 1.807) is 16.8 Å². The summed E-state index contributed by atoms with van der Waals surface area (Å²) in [6.45, 7) is 13.6. The molecule has 1 saturated heterocycles. The Morgan fingerprint density at radius 1 is 0.943 bits per heavy atom. The minimum atomic E-state index is -1.57. The maximum atomic E-state index is 16.1. The fraction of sp³-hybridized carbons (Fsp3) is 0.519. The van der Waals surface area contributed by atoms with Gasteiger partial charge in [0.1, 0.15) is 41.7 Å². The van der Waals surface area contributed by atoms with Crippen molar-refractivity contribution in [2.24, 2.45) is 5.41 Å². The van der Waals surface area contributed by atoms with E-state index in [4.69, 9.17) is 14.2 Å². The summed E-state index contributed by atoms with van der Waals surface area (Å²) < 4.78 is 64.4. The largest absolute Gasteiger partial charge is 0.493 e. The molecule has 0 radical (unpaired) electrons. The van der Waals surface area contributed by atoms with Crippen LogP contribution in [0.2, 0.25) is 0 Å². The van der Waals surface area contributed by atoms with Crippen LogP contribution < -0.4 is 15.4 Å². The normalized spacial score (nSPS) is 19.8. The molecule has 3 aliphatic rings. The first-order valence-corrected chi connectivity index (χ1v) is 25.2. The van der Waals surface area contributed by atoms with Crippen molar-refractivity contribution in [1.82, 2.24) is 25.4 Å². The van der Waals surface area contributed by atoms with Gasteiger partial charge in [-0.3, -0.25) is 19.3 Å². The van der Waals surface area contributed by atoms with Crippen LogP contribution >= 0.6 is 11.3 Å². The Labute approximate surface area is 414 Å². The lowest BCUT2D eigenvalue weighted by Gasteiger charge is -2.44. The second-order valence-electron chi connectivity index (χ2n) is 20.5. The van der Waals surface area contributed by atoms with Gasteiger partial charge >= 0.3 is 0 Å². The third-order valence-corrected chi connectivity index (χ3v) is 14.2. The number of ether oxygens (including phenoxy) is 3. The van der Waals surface area contributed by atoms with Crippen LogP contribution in [0.5, 0.6) is 5.75 Å². The molecule has 0 bridgehead atoms. The van der Waals surface area contributed by atoms with Gasteiger partial charge in [-0.1, -0.05) is 69.3 Å². The lowest BCUT2D eigenvalue weighted by atomic mass is 9.84. The van der Waals surface area contributed by atoms with Crippen molar-refractivity contribution in [3.05, 3.63) is 111 Å². The van der Waals surface area contributed by atoms with Crippen LogP contribution in [0, 0.1) is 24.0 Å². The Kier molecular flexibility index (Phi) is 17.3. The number of β-amino-alcohol motifs (C(OH)–C–C–N with tert-alkyl or cyclic N) is 1. The number of fused-ring (bicyclic) bond motifs is 2. The van der Waals surface area contributed by atoms with Gasteiger partial charge in [0, 0.05) is 69.6 Å². The molecule has 70 heavy (non-hydrogen) atoms. The minimum Gasteiger partial charge on any atom is -0.493 e. The van der Waals surface area contributed by atoms with Crippen LogP contribution in [-0.2, 0) is 36.8 Å². The maximum absolute atomic E-state index is 16.1. The van der Waals surface area contributed by atoms with E-state index < -0.39 is 58.8 Å². The number of carbonyl (C=O) groups is 3. The number of aromatic nitrogens is 1. The molecule has 16 heteroatoms. The molecule has 378 valence electrons. The van der Waals surface area contributed by atoms with Gasteiger partial charge < -0.3 is 34.9 Å². The number of amides is 3. The van der Waals surface area contributed by atoms with Crippen LogP contribution in [0.4, 0.5) is 13.2 Å². The van der Waals surface area contributed by atoms with Gasteiger partial charge in [-0.15, -0.1) is 11.3 Å². The molecule has 3 amide bonds. The van der Waals surface area contributed by atoms with Crippen molar-refractivity contribution >= 4 is 34.6 Å². The molecule has 1 aromatic heterocycles. The van der Waals surface area contributed by atoms with Crippen molar-refractivity contribution in [1.29, 1.82) is 0 Å². The first-order valence-electron chi connectivity index (χ1n) is 24.4. The maximum Gasteiger partial charge on any atom is 0.246 e. The molecule has 7 rings (SSSR count). The number of unbranched alkanes of at least 4 members (excludes halogenated alkanes) is 1. The van der Waals surface area contributed by atoms with Crippen LogP contribution in [-0.4, -0.2) is 114 Å². The number of thiazole rings is 1. The topological polar surface area (TPSA) is 143 Å². The van der Waals surface area contributed by atoms with E-state index in [9.17, 15) is 19.5 Å². The van der Waals surface area contributed by atoms with Gasteiger partial charge in [-0.2, -0.15) is 0 Å². The van der Waals surface area contributed by atoms with Gasteiger partial charge in [0.05, 0.1) is 34.8 Å². The number of nitrogens with zero attached hydrogens (tertiary/aromatic N) is 3. The fourth-order valence-corrected chi connectivity index (χ4v) is 10.6. The summed E-state index contributed by atoms with van der Waals surface area (Å²) in [5.41, 5.74) is 6.54. The van der Waals surface area contributed by atoms with Gasteiger partial charge in [0.2, 0.25) is 17.7 Å². The Morgan fingerprint density at radius 2 is 1.63 bits per heavy atom. The number of likely N-dealkylation sites (tertiary alicyclic amines) is 1. The molecular formula is C54H68F3N5O7S. The van der Waals surface area contributed by atoms with Crippen LogP contribution in [0.1, 0.15) is 108 Å². The van der Waals surface area contributed by atoms with Crippen molar-refractivity contribution in [2.45, 2.75) is 129 Å². The number of hydrogen-bond donors (Lipinski definition) is 3. The molecule has 0 spiro atoms. The lowest BCUT2D eigenvalue weighted by Crippen LogP contribution is -2.58. The highest BCUT2D eigenvalue weighted by atomic mass is 32.1. The van der Waals surface area contributed by atoms with Gasteiger partial charge in [-0.25, -0.2) is 18.2 Å². The zero-order chi connectivity index (χ0) is 50.3.